The van der Waals surface area contributed by atoms with Crippen LogP contribution in [0.1, 0.15) is 12.5 Å². The summed E-state index contributed by atoms with van der Waals surface area (Å²) in [6.45, 7) is 1.99. The largest absolute Gasteiger partial charge is 0.497 e. The first-order valence-electron chi connectivity index (χ1n) is 3.81. The van der Waals surface area contributed by atoms with E-state index in [0.29, 0.717) is 0 Å². The molecule has 0 aliphatic rings. The monoisotopic (exact) mass is 304 g/mol. The van der Waals surface area contributed by atoms with E-state index in [-0.39, 0.29) is 0 Å². The summed E-state index contributed by atoms with van der Waals surface area (Å²) in [7, 11) is 1.66. The average molecular weight is 306 g/mol. The molecule has 0 saturated heterocycles. The zero-order valence-electron chi connectivity index (χ0n) is 7.47. The van der Waals surface area contributed by atoms with Crippen LogP contribution in [-0.2, 0) is 0 Å². The van der Waals surface area contributed by atoms with Crippen molar-refractivity contribution >= 4 is 36.3 Å². The highest BCUT2D eigenvalue weighted by Gasteiger charge is 2.00. The number of allylic oxidation sites excluding steroid dienone is 1. The standard InChI is InChI=1S/C10H10Br2O/c1-7(11)10(12)8-3-5-9(13-2)6-4-8/h3-6H,1-2H3. The van der Waals surface area contributed by atoms with Crippen LogP contribution in [0.5, 0.6) is 5.75 Å². The Labute approximate surface area is 95.1 Å². The third-order valence-corrected chi connectivity index (χ3v) is 3.63. The van der Waals surface area contributed by atoms with Gasteiger partial charge in [0.25, 0.3) is 0 Å². The van der Waals surface area contributed by atoms with E-state index in [1.54, 1.807) is 7.11 Å². The van der Waals surface area contributed by atoms with Crippen molar-refractivity contribution in [3.63, 3.8) is 0 Å². The second-order valence-electron chi connectivity index (χ2n) is 2.58. The van der Waals surface area contributed by atoms with Gasteiger partial charge in [0, 0.05) is 8.96 Å². The van der Waals surface area contributed by atoms with Gasteiger partial charge in [-0.1, -0.05) is 28.1 Å². The predicted molar refractivity (Wildman–Crippen MR) is 63.4 cm³/mol. The number of benzene rings is 1. The molecule has 1 aromatic carbocycles. The Morgan fingerprint density at radius 2 is 1.69 bits per heavy atom. The molecule has 0 N–H and O–H groups in total. The van der Waals surface area contributed by atoms with Gasteiger partial charge >= 0.3 is 0 Å². The van der Waals surface area contributed by atoms with Gasteiger partial charge < -0.3 is 4.74 Å². The Morgan fingerprint density at radius 1 is 1.15 bits per heavy atom. The number of hydrogen-bond acceptors (Lipinski definition) is 1. The van der Waals surface area contributed by atoms with E-state index in [1.165, 1.54) is 0 Å². The van der Waals surface area contributed by atoms with Gasteiger partial charge in [-0.15, -0.1) is 0 Å². The van der Waals surface area contributed by atoms with Gasteiger partial charge in [-0.05, 0) is 40.5 Å². The van der Waals surface area contributed by atoms with E-state index >= 15 is 0 Å². The molecule has 0 amide bonds. The highest BCUT2D eigenvalue weighted by atomic mass is 79.9. The molecule has 0 saturated carbocycles. The van der Waals surface area contributed by atoms with Gasteiger partial charge in [-0.2, -0.15) is 0 Å². The first-order chi connectivity index (χ1) is 6.15. The van der Waals surface area contributed by atoms with Crippen LogP contribution >= 0.6 is 31.9 Å². The van der Waals surface area contributed by atoms with E-state index in [4.69, 9.17) is 4.74 Å². The minimum absolute atomic E-state index is 0.872. The van der Waals surface area contributed by atoms with Crippen molar-refractivity contribution < 1.29 is 4.74 Å². The molecule has 1 nitrogen and oxygen atoms in total. The zero-order chi connectivity index (χ0) is 9.84. The van der Waals surface area contributed by atoms with Crippen molar-refractivity contribution in [1.82, 2.24) is 0 Å². The lowest BCUT2D eigenvalue weighted by Crippen LogP contribution is -1.83. The summed E-state index contributed by atoms with van der Waals surface area (Å²) in [6, 6.07) is 7.89. The Morgan fingerprint density at radius 3 is 2.08 bits per heavy atom. The van der Waals surface area contributed by atoms with Crippen molar-refractivity contribution in [3.8, 4) is 5.75 Å². The van der Waals surface area contributed by atoms with Gasteiger partial charge in [0.05, 0.1) is 7.11 Å². The van der Waals surface area contributed by atoms with Crippen molar-refractivity contribution in [3.05, 3.63) is 34.3 Å². The summed E-state index contributed by atoms with van der Waals surface area (Å²) in [5.74, 6) is 0.872. The van der Waals surface area contributed by atoms with Gasteiger partial charge in [0.2, 0.25) is 0 Å². The van der Waals surface area contributed by atoms with E-state index in [0.717, 1.165) is 20.3 Å². The minimum Gasteiger partial charge on any atom is -0.497 e. The maximum Gasteiger partial charge on any atom is 0.118 e. The molecule has 0 bridgehead atoms. The van der Waals surface area contributed by atoms with Crippen LogP contribution < -0.4 is 4.74 Å². The molecule has 70 valence electrons. The summed E-state index contributed by atoms with van der Waals surface area (Å²) in [6.07, 6.45) is 0. The molecule has 0 unspecified atom stereocenters. The SMILES string of the molecule is COc1ccc(C(Br)=C(C)Br)cc1. The number of halogens is 2. The van der Waals surface area contributed by atoms with Gasteiger partial charge in [0.1, 0.15) is 5.75 Å². The molecule has 1 rings (SSSR count). The Hall–Kier alpha value is -0.280. The lowest BCUT2D eigenvalue weighted by atomic mass is 10.2. The number of methoxy groups -OCH3 is 1. The second kappa shape index (κ2) is 4.82. The maximum absolute atomic E-state index is 5.07. The quantitative estimate of drug-likeness (QED) is 0.796. The fourth-order valence-electron chi connectivity index (χ4n) is 0.936. The van der Waals surface area contributed by atoms with E-state index in [9.17, 15) is 0 Å². The predicted octanol–water partition coefficient (Wildman–Crippen LogP) is 4.17. The molecule has 0 radical (unpaired) electrons. The zero-order valence-corrected chi connectivity index (χ0v) is 10.6. The minimum atomic E-state index is 0.872. The fraction of sp³-hybridized carbons (Fsp3) is 0.200. The molecule has 13 heavy (non-hydrogen) atoms. The first kappa shape index (κ1) is 10.8. The Kier molecular flexibility index (Phi) is 4.00. The molecule has 0 heterocycles. The number of rotatable bonds is 2. The third-order valence-electron chi connectivity index (χ3n) is 1.65. The van der Waals surface area contributed by atoms with Crippen molar-refractivity contribution in [2.75, 3.05) is 7.11 Å². The molecule has 1 aromatic rings. The van der Waals surface area contributed by atoms with Crippen molar-refractivity contribution in [2.45, 2.75) is 6.92 Å². The lowest BCUT2D eigenvalue weighted by molar-refractivity contribution is 0.415. The summed E-state index contributed by atoms with van der Waals surface area (Å²) in [5, 5.41) is 0. The highest BCUT2D eigenvalue weighted by Crippen LogP contribution is 2.29. The average Bonchev–Trinajstić information content (AvgIpc) is 2.17. The van der Waals surface area contributed by atoms with Crippen LogP contribution in [0.25, 0.3) is 4.48 Å². The summed E-state index contributed by atoms with van der Waals surface area (Å²) >= 11 is 6.90. The smallest absolute Gasteiger partial charge is 0.118 e. The van der Waals surface area contributed by atoms with Crippen LogP contribution in [-0.4, -0.2) is 7.11 Å². The molecular formula is C10H10Br2O. The molecule has 0 aliphatic heterocycles. The van der Waals surface area contributed by atoms with E-state index in [1.807, 2.05) is 31.2 Å². The summed E-state index contributed by atoms with van der Waals surface area (Å²) < 4.78 is 7.21. The molecular weight excluding hydrogens is 296 g/mol. The van der Waals surface area contributed by atoms with Crippen molar-refractivity contribution in [1.29, 1.82) is 0 Å². The Bertz CT molecular complexity index is 310. The molecule has 0 spiro atoms. The van der Waals surface area contributed by atoms with Crippen LogP contribution in [0, 0.1) is 0 Å². The first-order valence-corrected chi connectivity index (χ1v) is 5.40. The third kappa shape index (κ3) is 2.85. The van der Waals surface area contributed by atoms with Gasteiger partial charge in [-0.25, -0.2) is 0 Å². The van der Waals surface area contributed by atoms with E-state index in [2.05, 4.69) is 31.9 Å². The molecule has 0 fully saturated rings. The van der Waals surface area contributed by atoms with Crippen LogP contribution in [0.3, 0.4) is 0 Å². The van der Waals surface area contributed by atoms with E-state index < -0.39 is 0 Å². The number of hydrogen-bond donors (Lipinski definition) is 0. The maximum atomic E-state index is 5.07. The molecule has 0 atom stereocenters. The summed E-state index contributed by atoms with van der Waals surface area (Å²) in [5.41, 5.74) is 1.13. The van der Waals surface area contributed by atoms with Gasteiger partial charge in [-0.3, -0.25) is 0 Å². The summed E-state index contributed by atoms with van der Waals surface area (Å²) in [4.78, 5) is 0. The van der Waals surface area contributed by atoms with Crippen molar-refractivity contribution in [2.24, 2.45) is 0 Å². The van der Waals surface area contributed by atoms with Crippen LogP contribution in [0.4, 0.5) is 0 Å². The Balaban J connectivity index is 2.99. The number of ether oxygens (including phenoxy) is 1. The second-order valence-corrected chi connectivity index (χ2v) is 4.56. The highest BCUT2D eigenvalue weighted by molar-refractivity contribution is 9.16. The normalized spacial score (nSPS) is 12.3. The molecule has 0 aliphatic carbocycles. The van der Waals surface area contributed by atoms with Crippen LogP contribution in [0.15, 0.2) is 28.7 Å². The van der Waals surface area contributed by atoms with Gasteiger partial charge in [0.15, 0.2) is 0 Å². The lowest BCUT2D eigenvalue weighted by Gasteiger charge is -2.03. The molecule has 0 aromatic heterocycles. The fourth-order valence-corrected chi connectivity index (χ4v) is 1.43. The molecule has 3 heteroatoms. The van der Waals surface area contributed by atoms with Crippen LogP contribution in [0.2, 0.25) is 0 Å². The topological polar surface area (TPSA) is 9.23 Å².